The fourth-order valence-corrected chi connectivity index (χ4v) is 15.2. The van der Waals surface area contributed by atoms with E-state index >= 15 is 0 Å². The molecule has 2 nitrogen and oxygen atoms in total. The summed E-state index contributed by atoms with van der Waals surface area (Å²) < 4.78 is 78.0. The maximum atomic E-state index is 9.75. The molecule has 5 aromatic rings. The Kier molecular flexibility index (Phi) is 26.9. The summed E-state index contributed by atoms with van der Waals surface area (Å²) in [6.07, 6.45) is 5.23. The van der Waals surface area contributed by atoms with Gasteiger partial charge in [-0.2, -0.15) is 10.5 Å². The monoisotopic (exact) mass is 852 g/mol. The second kappa shape index (κ2) is 28.8. The largest absolute Gasteiger partial charge is 2.00 e. The average Bonchev–Trinajstić information content (AvgIpc) is 3.12. The summed E-state index contributed by atoms with van der Waals surface area (Å²) >= 11 is 0. The van der Waals surface area contributed by atoms with Crippen molar-refractivity contribution in [3.63, 3.8) is 0 Å². The van der Waals surface area contributed by atoms with Crippen LogP contribution in [0.25, 0.3) is 0 Å². The van der Waals surface area contributed by atoms with Crippen molar-refractivity contribution in [3.8, 4) is 12.1 Å². The van der Waals surface area contributed by atoms with E-state index in [0.717, 1.165) is 0 Å². The van der Waals surface area contributed by atoms with Crippen LogP contribution in [0.2, 0.25) is 0 Å². The molecule has 0 atom stereocenters. The molecule has 5 aromatic carbocycles. The molecule has 1 radical (unpaired) electrons. The number of hydrogen-bond donors (Lipinski definition) is 0. The Bertz CT molecular complexity index is 1530. The first-order valence-corrected chi connectivity index (χ1v) is 21.7. The van der Waals surface area contributed by atoms with Crippen molar-refractivity contribution in [1.29, 1.82) is 10.5 Å². The summed E-state index contributed by atoms with van der Waals surface area (Å²) in [6, 6.07) is 60.0. The Morgan fingerprint density at radius 1 is 0.389 bits per heavy atom. The summed E-state index contributed by atoms with van der Waals surface area (Å²) in [4.78, 5) is 0. The molecule has 54 heavy (non-hydrogen) atoms. The van der Waals surface area contributed by atoms with Crippen LogP contribution in [-0.4, -0.2) is 39.2 Å². The summed E-state index contributed by atoms with van der Waals surface area (Å²) in [6.45, 7) is 2.86. The standard InChI is InChI=1S/C34H33P3.2C2H3N.2BF4.Co/c1-6-16-30(17-7-1)35(26-28-36(31-18-8-2-9-19-31)32-20-10-3-11-21-32)27-29-37(33-22-12-4-13-23-33)34-24-14-5-15-25-34;2*1-2-3;2*2-1(3,4)5;/h1-25H,26-29H2;2*1H3;;;/q;;;2*-1;+2/p+3. The Morgan fingerprint density at radius 3 is 0.741 bits per heavy atom. The van der Waals surface area contributed by atoms with E-state index in [9.17, 15) is 34.5 Å². The minimum atomic E-state index is -6.00. The molecule has 287 valence electrons. The summed E-state index contributed by atoms with van der Waals surface area (Å²) in [5, 5.41) is 22.4. The van der Waals surface area contributed by atoms with Gasteiger partial charge in [-0.15, -0.1) is 0 Å². The Hall–Kier alpha value is -3.55. The second-order valence-electron chi connectivity index (χ2n) is 10.8. The van der Waals surface area contributed by atoms with Gasteiger partial charge in [0.15, 0.2) is 0 Å². The third-order valence-corrected chi connectivity index (χ3v) is 16.5. The third kappa shape index (κ3) is 24.7. The Morgan fingerprint density at radius 2 is 0.556 bits per heavy atom. The Balaban J connectivity index is 0.00000141. The summed E-state index contributed by atoms with van der Waals surface area (Å²) in [5.41, 5.74) is 0. The SMILES string of the molecule is CC#N.CC#N.F[B-](F)(F)F.F[B-](F)(F)F.[Co+2].c1ccc([PH+](CC[PH+](c2ccccc2)c2ccccc2)CC[PH+](c2ccccc2)c2ccccc2)cc1. The molecule has 0 spiro atoms. The van der Waals surface area contributed by atoms with Gasteiger partial charge in [0.25, 0.3) is 0 Å². The van der Waals surface area contributed by atoms with Crippen molar-refractivity contribution < 1.29 is 51.3 Å². The summed E-state index contributed by atoms with van der Waals surface area (Å²) in [7, 11) is -14.3. The fraction of sp³-hybridized carbons (Fsp3) is 0.158. The molecule has 5 rings (SSSR count). The molecule has 0 saturated heterocycles. The van der Waals surface area contributed by atoms with E-state index in [-0.39, 0.29) is 16.8 Å². The van der Waals surface area contributed by atoms with Gasteiger partial charge in [-0.25, -0.2) is 0 Å². The fourth-order valence-electron chi connectivity index (χ4n) is 5.11. The molecule has 0 heterocycles. The van der Waals surface area contributed by atoms with Crippen molar-refractivity contribution >= 4 is 64.8 Å². The van der Waals surface area contributed by atoms with E-state index in [1.807, 2.05) is 0 Å². The van der Waals surface area contributed by atoms with E-state index in [4.69, 9.17) is 10.5 Å². The number of hydrogen-bond acceptors (Lipinski definition) is 2. The normalized spacial score (nSPS) is 10.3. The van der Waals surface area contributed by atoms with Gasteiger partial charge in [0.1, 0.15) is 12.3 Å². The molecule has 0 aliphatic carbocycles. The van der Waals surface area contributed by atoms with Crippen molar-refractivity contribution in [1.82, 2.24) is 0 Å². The van der Waals surface area contributed by atoms with Gasteiger partial charge in [0.2, 0.25) is 0 Å². The van der Waals surface area contributed by atoms with Crippen LogP contribution >= 0.6 is 23.8 Å². The van der Waals surface area contributed by atoms with Crippen LogP contribution in [0.3, 0.4) is 0 Å². The zero-order valence-corrected chi connectivity index (χ0v) is 33.7. The van der Waals surface area contributed by atoms with E-state index in [1.54, 1.807) is 17.4 Å². The molecule has 0 amide bonds. The minimum absolute atomic E-state index is 0. The van der Waals surface area contributed by atoms with Crippen LogP contribution in [0.1, 0.15) is 13.8 Å². The molecule has 0 aromatic heterocycles. The second-order valence-corrected chi connectivity index (χ2v) is 18.8. The third-order valence-electron chi connectivity index (χ3n) is 7.02. The molecule has 0 aliphatic rings. The topological polar surface area (TPSA) is 47.6 Å². The van der Waals surface area contributed by atoms with Crippen molar-refractivity contribution in [2.45, 2.75) is 13.8 Å². The van der Waals surface area contributed by atoms with Crippen LogP contribution in [-0.2, 0) is 16.8 Å². The molecule has 0 unspecified atom stereocenters. The first-order valence-electron chi connectivity index (χ1n) is 16.4. The van der Waals surface area contributed by atoms with Crippen LogP contribution in [0.5, 0.6) is 0 Å². The summed E-state index contributed by atoms with van der Waals surface area (Å²) in [5.74, 6) is 0. The molecular formula is C38H42B2CoF8N2P3+3. The van der Waals surface area contributed by atoms with Gasteiger partial charge in [-0.05, 0) is 60.7 Å². The number of nitriles is 2. The van der Waals surface area contributed by atoms with Crippen LogP contribution in [0, 0.1) is 22.7 Å². The molecule has 0 saturated carbocycles. The van der Waals surface area contributed by atoms with Gasteiger partial charge < -0.3 is 34.5 Å². The number of rotatable bonds is 11. The zero-order chi connectivity index (χ0) is 39.5. The van der Waals surface area contributed by atoms with Crippen molar-refractivity contribution in [2.24, 2.45) is 0 Å². The van der Waals surface area contributed by atoms with E-state index in [2.05, 4.69) is 152 Å². The van der Waals surface area contributed by atoms with E-state index < -0.39 is 38.3 Å². The molecule has 0 aliphatic heterocycles. The van der Waals surface area contributed by atoms with Crippen LogP contribution in [0.4, 0.5) is 34.5 Å². The minimum Gasteiger partial charge on any atom is -0.418 e. The van der Waals surface area contributed by atoms with Gasteiger partial charge in [0.05, 0.1) is 66.8 Å². The molecule has 16 heteroatoms. The van der Waals surface area contributed by atoms with Gasteiger partial charge in [0, 0.05) is 21.8 Å². The van der Waals surface area contributed by atoms with E-state index in [1.165, 1.54) is 59.7 Å². The average molecular weight is 852 g/mol. The predicted molar refractivity (Wildman–Crippen MR) is 218 cm³/mol. The number of benzene rings is 5. The quantitative estimate of drug-likeness (QED) is 0.0755. The maximum absolute atomic E-state index is 9.75. The number of halogens is 8. The van der Waals surface area contributed by atoms with Crippen molar-refractivity contribution in [3.05, 3.63) is 152 Å². The maximum Gasteiger partial charge on any atom is 2.00 e. The van der Waals surface area contributed by atoms with E-state index in [0.29, 0.717) is 0 Å². The van der Waals surface area contributed by atoms with Crippen LogP contribution < -0.4 is 26.5 Å². The smallest absolute Gasteiger partial charge is 0.418 e. The Labute approximate surface area is 327 Å². The first-order chi connectivity index (χ1) is 25.2. The zero-order valence-electron chi connectivity index (χ0n) is 29.7. The molecule has 0 N–H and O–H groups in total. The van der Waals surface area contributed by atoms with Crippen molar-refractivity contribution in [2.75, 3.05) is 24.6 Å². The first kappa shape index (κ1) is 50.4. The molecular weight excluding hydrogens is 810 g/mol. The predicted octanol–water partition coefficient (Wildman–Crippen LogP) is 9.91. The molecule has 0 bridgehead atoms. The van der Waals surface area contributed by atoms with Gasteiger partial charge >= 0.3 is 31.3 Å². The van der Waals surface area contributed by atoms with Gasteiger partial charge in [-0.3, -0.25) is 0 Å². The van der Waals surface area contributed by atoms with Crippen LogP contribution in [0.15, 0.2) is 152 Å². The van der Waals surface area contributed by atoms with Gasteiger partial charge in [-0.1, -0.05) is 91.0 Å². The molecule has 0 fully saturated rings. The number of nitrogens with zero attached hydrogens (tertiary/aromatic N) is 2.